The van der Waals surface area contributed by atoms with Crippen molar-refractivity contribution in [3.8, 4) is 0 Å². The molecule has 3 aliphatic rings. The number of imide groups is 1. The SMILES string of the molecule is O=C(c1ccc(Cl)cc1)[C@@H]1[C@@H]2C(=O)N(c3ccccc3)C(=O)[C@@H]2[C@H]2C=CC=NN21. The van der Waals surface area contributed by atoms with Crippen LogP contribution in [0.15, 0.2) is 71.9 Å². The molecule has 6 nitrogen and oxygen atoms in total. The van der Waals surface area contributed by atoms with E-state index in [0.29, 0.717) is 16.3 Å². The summed E-state index contributed by atoms with van der Waals surface area (Å²) in [5, 5.41) is 6.46. The number of allylic oxidation sites excluding steroid dienone is 1. The molecule has 4 atom stereocenters. The summed E-state index contributed by atoms with van der Waals surface area (Å²) in [5.41, 5.74) is 0.950. The third-order valence-electron chi connectivity index (χ3n) is 5.70. The molecule has 0 spiro atoms. The molecular weight excluding hydrogens is 390 g/mol. The highest BCUT2D eigenvalue weighted by Gasteiger charge is 2.64. The average Bonchev–Trinajstić information content (AvgIpc) is 3.22. The van der Waals surface area contributed by atoms with Gasteiger partial charge >= 0.3 is 0 Å². The molecule has 2 amide bonds. The zero-order chi connectivity index (χ0) is 20.1. The number of fused-ring (bicyclic) bond motifs is 3. The van der Waals surface area contributed by atoms with Crippen molar-refractivity contribution in [3.63, 3.8) is 0 Å². The number of carbonyl (C=O) groups is 3. The number of hydrogen-bond acceptors (Lipinski definition) is 5. The second kappa shape index (κ2) is 6.67. The number of hydrogen-bond donors (Lipinski definition) is 0. The molecule has 2 aromatic rings. The van der Waals surface area contributed by atoms with E-state index in [1.54, 1.807) is 65.8 Å². The van der Waals surface area contributed by atoms with Gasteiger partial charge in [0.1, 0.15) is 6.04 Å². The van der Waals surface area contributed by atoms with Crippen LogP contribution in [0.2, 0.25) is 5.02 Å². The minimum Gasteiger partial charge on any atom is -0.292 e. The van der Waals surface area contributed by atoms with Crippen molar-refractivity contribution >= 4 is 41.1 Å². The number of nitrogens with zero attached hydrogens (tertiary/aromatic N) is 3. The number of anilines is 1. The Balaban J connectivity index is 1.58. The molecule has 0 aliphatic carbocycles. The van der Waals surface area contributed by atoms with Gasteiger partial charge in [0, 0.05) is 16.8 Å². The molecule has 0 unspecified atom stereocenters. The molecule has 0 saturated carbocycles. The molecule has 2 aromatic carbocycles. The van der Waals surface area contributed by atoms with E-state index >= 15 is 0 Å². The molecule has 2 saturated heterocycles. The van der Waals surface area contributed by atoms with Crippen LogP contribution in [0.3, 0.4) is 0 Å². The summed E-state index contributed by atoms with van der Waals surface area (Å²) in [6, 6.07) is 14.1. The van der Waals surface area contributed by atoms with Gasteiger partial charge in [-0.15, -0.1) is 0 Å². The van der Waals surface area contributed by atoms with E-state index in [-0.39, 0.29) is 17.6 Å². The van der Waals surface area contributed by atoms with Gasteiger partial charge in [-0.05, 0) is 42.5 Å². The smallest absolute Gasteiger partial charge is 0.240 e. The fraction of sp³-hybridized carbons (Fsp3) is 0.182. The number of carbonyl (C=O) groups excluding carboxylic acids is 3. The van der Waals surface area contributed by atoms with Crippen LogP contribution in [0.4, 0.5) is 5.69 Å². The molecule has 2 fully saturated rings. The lowest BCUT2D eigenvalue weighted by atomic mass is 9.86. The Morgan fingerprint density at radius 2 is 1.62 bits per heavy atom. The first-order chi connectivity index (χ1) is 14.1. The van der Waals surface area contributed by atoms with Gasteiger partial charge in [0.25, 0.3) is 0 Å². The van der Waals surface area contributed by atoms with Crippen LogP contribution in [0.1, 0.15) is 10.4 Å². The molecule has 0 aromatic heterocycles. The highest BCUT2D eigenvalue weighted by Crippen LogP contribution is 2.46. The largest absolute Gasteiger partial charge is 0.292 e. The number of Topliss-reactive ketones (excluding diaryl/α,β-unsaturated/α-hetero) is 1. The van der Waals surface area contributed by atoms with Crippen molar-refractivity contribution < 1.29 is 14.4 Å². The molecule has 29 heavy (non-hydrogen) atoms. The highest BCUT2D eigenvalue weighted by atomic mass is 35.5. The third kappa shape index (κ3) is 2.63. The van der Waals surface area contributed by atoms with Gasteiger partial charge in [-0.25, -0.2) is 4.90 Å². The second-order valence-electron chi connectivity index (χ2n) is 7.24. The van der Waals surface area contributed by atoms with E-state index in [1.807, 2.05) is 12.1 Å². The summed E-state index contributed by atoms with van der Waals surface area (Å²) in [7, 11) is 0. The summed E-state index contributed by atoms with van der Waals surface area (Å²) in [6.07, 6.45) is 5.15. The number of benzene rings is 2. The number of amides is 2. The molecule has 0 bridgehead atoms. The third-order valence-corrected chi connectivity index (χ3v) is 5.95. The zero-order valence-electron chi connectivity index (χ0n) is 15.2. The number of hydrazone groups is 1. The van der Waals surface area contributed by atoms with Crippen LogP contribution in [-0.4, -0.2) is 40.9 Å². The van der Waals surface area contributed by atoms with Gasteiger partial charge in [0.15, 0.2) is 5.78 Å². The Labute approximate surface area is 172 Å². The monoisotopic (exact) mass is 405 g/mol. The normalized spacial score (nSPS) is 27.3. The Morgan fingerprint density at radius 1 is 0.931 bits per heavy atom. The zero-order valence-corrected chi connectivity index (χ0v) is 15.9. The maximum atomic E-state index is 13.4. The van der Waals surface area contributed by atoms with Gasteiger partial charge in [-0.2, -0.15) is 5.10 Å². The fourth-order valence-electron chi connectivity index (χ4n) is 4.45. The first kappa shape index (κ1) is 17.8. The van der Waals surface area contributed by atoms with E-state index in [2.05, 4.69) is 5.10 Å². The maximum Gasteiger partial charge on any atom is 0.240 e. The quantitative estimate of drug-likeness (QED) is 0.581. The van der Waals surface area contributed by atoms with Crippen molar-refractivity contribution in [2.24, 2.45) is 16.9 Å². The van der Waals surface area contributed by atoms with E-state index in [0.717, 1.165) is 0 Å². The predicted molar refractivity (Wildman–Crippen MR) is 109 cm³/mol. The minimum absolute atomic E-state index is 0.248. The van der Waals surface area contributed by atoms with Gasteiger partial charge in [0.05, 0.1) is 23.6 Å². The number of halogens is 1. The Kier molecular flexibility index (Phi) is 4.10. The molecule has 7 heteroatoms. The Morgan fingerprint density at radius 3 is 2.34 bits per heavy atom. The predicted octanol–water partition coefficient (Wildman–Crippen LogP) is 2.94. The molecule has 144 valence electrons. The van der Waals surface area contributed by atoms with Crippen molar-refractivity contribution in [3.05, 3.63) is 77.3 Å². The second-order valence-corrected chi connectivity index (χ2v) is 7.67. The van der Waals surface area contributed by atoms with Crippen molar-refractivity contribution in [1.29, 1.82) is 0 Å². The van der Waals surface area contributed by atoms with Crippen molar-refractivity contribution in [1.82, 2.24) is 5.01 Å². The standard InChI is InChI=1S/C22H16ClN3O3/c23-14-10-8-13(9-11-14)20(27)19-18-17(16-7-4-12-24-26(16)19)21(28)25(22(18)29)15-5-2-1-3-6-15/h1-12,16-19H/t16-,17-,18-,19+/m1/s1. The molecule has 5 rings (SSSR count). The minimum atomic E-state index is -0.850. The number of ketones is 1. The van der Waals surface area contributed by atoms with Crippen LogP contribution in [-0.2, 0) is 9.59 Å². The van der Waals surface area contributed by atoms with Crippen LogP contribution in [0.25, 0.3) is 0 Å². The van der Waals surface area contributed by atoms with Crippen molar-refractivity contribution in [2.75, 3.05) is 4.90 Å². The van der Waals surface area contributed by atoms with Gasteiger partial charge < -0.3 is 0 Å². The maximum absolute atomic E-state index is 13.4. The van der Waals surface area contributed by atoms with Gasteiger partial charge in [-0.3, -0.25) is 19.4 Å². The molecule has 3 heterocycles. The first-order valence-electron chi connectivity index (χ1n) is 9.29. The lowest BCUT2D eigenvalue weighted by Crippen LogP contribution is -2.46. The van der Waals surface area contributed by atoms with Crippen LogP contribution >= 0.6 is 11.6 Å². The topological polar surface area (TPSA) is 70.0 Å². The Bertz CT molecular complexity index is 1060. The summed E-state index contributed by atoms with van der Waals surface area (Å²) in [6.45, 7) is 0. The number of para-hydroxylation sites is 1. The summed E-state index contributed by atoms with van der Waals surface area (Å²) >= 11 is 5.95. The van der Waals surface area contributed by atoms with Crippen LogP contribution in [0, 0.1) is 11.8 Å². The van der Waals surface area contributed by atoms with Gasteiger partial charge in [0.2, 0.25) is 11.8 Å². The van der Waals surface area contributed by atoms with Crippen molar-refractivity contribution in [2.45, 2.75) is 12.1 Å². The van der Waals surface area contributed by atoms with Crippen LogP contribution < -0.4 is 4.90 Å². The Hall–Kier alpha value is -3.25. The summed E-state index contributed by atoms with van der Waals surface area (Å²) < 4.78 is 0. The molecule has 0 N–H and O–H groups in total. The molecular formula is C22H16ClN3O3. The highest BCUT2D eigenvalue weighted by molar-refractivity contribution is 6.30. The average molecular weight is 406 g/mol. The lowest BCUT2D eigenvalue weighted by Gasteiger charge is -2.30. The van der Waals surface area contributed by atoms with E-state index in [1.165, 1.54) is 4.90 Å². The fourth-order valence-corrected chi connectivity index (χ4v) is 4.58. The van der Waals surface area contributed by atoms with E-state index in [9.17, 15) is 14.4 Å². The van der Waals surface area contributed by atoms with Crippen LogP contribution in [0.5, 0.6) is 0 Å². The molecule has 3 aliphatic heterocycles. The first-order valence-corrected chi connectivity index (χ1v) is 9.67. The van der Waals surface area contributed by atoms with Gasteiger partial charge in [-0.1, -0.05) is 35.9 Å². The summed E-state index contributed by atoms with van der Waals surface area (Å²) in [5.74, 6) is -2.36. The molecule has 0 radical (unpaired) electrons. The summed E-state index contributed by atoms with van der Waals surface area (Å²) in [4.78, 5) is 41.2. The van der Waals surface area contributed by atoms with E-state index < -0.39 is 23.9 Å². The number of rotatable bonds is 3. The van der Waals surface area contributed by atoms with E-state index in [4.69, 9.17) is 11.6 Å². The lowest BCUT2D eigenvalue weighted by molar-refractivity contribution is -0.123.